The van der Waals surface area contributed by atoms with Gasteiger partial charge in [-0.2, -0.15) is 0 Å². The Hall–Kier alpha value is -1.51. The van der Waals surface area contributed by atoms with E-state index in [1.54, 1.807) is 0 Å². The van der Waals surface area contributed by atoms with E-state index in [-0.39, 0.29) is 11.6 Å². The summed E-state index contributed by atoms with van der Waals surface area (Å²) in [6.45, 7) is 2.14. The van der Waals surface area contributed by atoms with Gasteiger partial charge in [0.25, 0.3) is 0 Å². The molecule has 1 aromatic rings. The average Bonchev–Trinajstić information content (AvgIpc) is 2.45. The van der Waals surface area contributed by atoms with Crippen LogP contribution in [0.5, 0.6) is 5.75 Å². The summed E-state index contributed by atoms with van der Waals surface area (Å²) >= 11 is 0. The molecule has 3 nitrogen and oxygen atoms in total. The molecule has 1 N–H and O–H groups in total. The zero-order valence-corrected chi connectivity index (χ0v) is 12.5. The SMILES string of the molecule is C[C@@]12CC[C@H]3c4ccc(O)cc4CC[C@@H]3[C@@H]1CCC(=O)O2. The maximum Gasteiger partial charge on any atom is 0.306 e. The minimum absolute atomic E-state index is 0.0201. The Morgan fingerprint density at radius 3 is 2.95 bits per heavy atom. The fourth-order valence-corrected chi connectivity index (χ4v) is 5.09. The van der Waals surface area contributed by atoms with Crippen molar-refractivity contribution in [3.05, 3.63) is 29.3 Å². The predicted molar refractivity (Wildman–Crippen MR) is 79.1 cm³/mol. The number of aryl methyl sites for hydroxylation is 1. The molecule has 21 heavy (non-hydrogen) atoms. The van der Waals surface area contributed by atoms with Crippen molar-refractivity contribution in [2.75, 3.05) is 0 Å². The molecule has 0 aromatic heterocycles. The van der Waals surface area contributed by atoms with E-state index in [0.29, 0.717) is 29.9 Å². The fourth-order valence-electron chi connectivity index (χ4n) is 5.09. The second kappa shape index (κ2) is 4.49. The first-order valence-corrected chi connectivity index (χ1v) is 8.10. The minimum atomic E-state index is -0.245. The molecule has 4 atom stereocenters. The van der Waals surface area contributed by atoms with Crippen LogP contribution in [0.2, 0.25) is 0 Å². The van der Waals surface area contributed by atoms with Gasteiger partial charge in [-0.15, -0.1) is 0 Å². The lowest BCUT2D eigenvalue weighted by molar-refractivity contribution is -0.185. The number of phenolic OH excluding ortho intramolecular Hbond substituents is 1. The number of hydrogen-bond acceptors (Lipinski definition) is 3. The van der Waals surface area contributed by atoms with Crippen LogP contribution < -0.4 is 0 Å². The van der Waals surface area contributed by atoms with Gasteiger partial charge in [-0.25, -0.2) is 0 Å². The molecule has 1 saturated carbocycles. The van der Waals surface area contributed by atoms with Gasteiger partial charge in [0.15, 0.2) is 0 Å². The number of benzene rings is 1. The molecule has 0 radical (unpaired) electrons. The van der Waals surface area contributed by atoms with E-state index >= 15 is 0 Å². The summed E-state index contributed by atoms with van der Waals surface area (Å²) in [6, 6.07) is 5.86. The first-order chi connectivity index (χ1) is 10.1. The van der Waals surface area contributed by atoms with Gasteiger partial charge in [-0.1, -0.05) is 6.07 Å². The van der Waals surface area contributed by atoms with Crippen molar-refractivity contribution in [3.8, 4) is 5.75 Å². The topological polar surface area (TPSA) is 46.5 Å². The molecule has 2 fully saturated rings. The zero-order valence-electron chi connectivity index (χ0n) is 12.5. The highest BCUT2D eigenvalue weighted by atomic mass is 16.6. The number of ether oxygens (including phenoxy) is 1. The van der Waals surface area contributed by atoms with Crippen LogP contribution >= 0.6 is 0 Å². The van der Waals surface area contributed by atoms with Gasteiger partial charge in [0, 0.05) is 12.3 Å². The van der Waals surface area contributed by atoms with Crippen molar-refractivity contribution in [1.29, 1.82) is 0 Å². The van der Waals surface area contributed by atoms with Gasteiger partial charge < -0.3 is 9.84 Å². The minimum Gasteiger partial charge on any atom is -0.508 e. The van der Waals surface area contributed by atoms with Gasteiger partial charge >= 0.3 is 5.97 Å². The van der Waals surface area contributed by atoms with E-state index in [9.17, 15) is 9.90 Å². The molecule has 3 aliphatic rings. The molecule has 1 heterocycles. The molecule has 3 heteroatoms. The van der Waals surface area contributed by atoms with E-state index in [2.05, 4.69) is 13.0 Å². The third kappa shape index (κ3) is 1.97. The van der Waals surface area contributed by atoms with Crippen LogP contribution in [-0.4, -0.2) is 16.7 Å². The summed E-state index contributed by atoms with van der Waals surface area (Å²) in [5.74, 6) is 2.04. The third-order valence-electron chi connectivity index (χ3n) is 6.05. The van der Waals surface area contributed by atoms with Crippen LogP contribution in [-0.2, 0) is 16.0 Å². The van der Waals surface area contributed by atoms with E-state index in [1.807, 2.05) is 12.1 Å². The Balaban J connectivity index is 1.69. The fraction of sp³-hybridized carbons (Fsp3) is 0.611. The molecule has 0 amide bonds. The van der Waals surface area contributed by atoms with Crippen LogP contribution in [0.25, 0.3) is 0 Å². The summed E-state index contributed by atoms with van der Waals surface area (Å²) < 4.78 is 5.75. The maximum absolute atomic E-state index is 11.7. The summed E-state index contributed by atoms with van der Waals surface area (Å²) in [5, 5.41) is 9.68. The lowest BCUT2D eigenvalue weighted by atomic mass is 9.57. The molecule has 0 bridgehead atoms. The van der Waals surface area contributed by atoms with Gasteiger partial charge in [-0.3, -0.25) is 4.79 Å². The standard InChI is InChI=1S/C18H22O3/c1-18-9-8-14-13-5-3-12(19)10-11(13)2-4-15(14)16(18)6-7-17(20)21-18/h3,5,10,14-16,19H,2,4,6-9H2,1H3/t14-,15-,16-,18+/m0/s1. The summed E-state index contributed by atoms with van der Waals surface area (Å²) in [7, 11) is 0. The molecule has 2 aliphatic carbocycles. The molecular weight excluding hydrogens is 264 g/mol. The monoisotopic (exact) mass is 286 g/mol. The number of carbonyl (C=O) groups excluding carboxylic acids is 1. The number of fused-ring (bicyclic) bond motifs is 5. The summed E-state index contributed by atoms with van der Waals surface area (Å²) in [6.07, 6.45) is 5.79. The first-order valence-electron chi connectivity index (χ1n) is 8.10. The lowest BCUT2D eigenvalue weighted by Crippen LogP contribution is -2.52. The van der Waals surface area contributed by atoms with Gasteiger partial charge in [-0.05, 0) is 74.1 Å². The van der Waals surface area contributed by atoms with Crippen molar-refractivity contribution in [3.63, 3.8) is 0 Å². The predicted octanol–water partition coefficient (Wildman–Crippen LogP) is 3.54. The largest absolute Gasteiger partial charge is 0.508 e. The highest BCUT2D eigenvalue weighted by Crippen LogP contribution is 2.55. The highest BCUT2D eigenvalue weighted by molar-refractivity contribution is 5.71. The summed E-state index contributed by atoms with van der Waals surface area (Å²) in [4.78, 5) is 11.7. The van der Waals surface area contributed by atoms with Crippen molar-refractivity contribution in [1.82, 2.24) is 0 Å². The maximum atomic E-state index is 11.7. The quantitative estimate of drug-likeness (QED) is 0.742. The van der Waals surface area contributed by atoms with E-state index < -0.39 is 0 Å². The summed E-state index contributed by atoms with van der Waals surface area (Å²) in [5.41, 5.74) is 2.49. The van der Waals surface area contributed by atoms with Crippen molar-refractivity contribution < 1.29 is 14.6 Å². The Labute approximate surface area is 125 Å². The highest BCUT2D eigenvalue weighted by Gasteiger charge is 2.52. The van der Waals surface area contributed by atoms with Crippen LogP contribution in [0.4, 0.5) is 0 Å². The molecule has 1 saturated heterocycles. The Kier molecular flexibility index (Phi) is 2.82. The zero-order chi connectivity index (χ0) is 14.6. The molecule has 1 aliphatic heterocycles. The van der Waals surface area contributed by atoms with Gasteiger partial charge in [0.1, 0.15) is 11.4 Å². The van der Waals surface area contributed by atoms with Crippen molar-refractivity contribution in [2.45, 2.75) is 57.0 Å². The smallest absolute Gasteiger partial charge is 0.306 e. The molecule has 4 rings (SSSR count). The van der Waals surface area contributed by atoms with E-state index in [4.69, 9.17) is 4.74 Å². The van der Waals surface area contributed by atoms with Gasteiger partial charge in [0.05, 0.1) is 0 Å². The van der Waals surface area contributed by atoms with Crippen molar-refractivity contribution >= 4 is 5.97 Å². The molecule has 0 spiro atoms. The lowest BCUT2D eigenvalue weighted by Gasteiger charge is -2.53. The van der Waals surface area contributed by atoms with Crippen LogP contribution in [0, 0.1) is 11.8 Å². The van der Waals surface area contributed by atoms with Crippen LogP contribution in [0.3, 0.4) is 0 Å². The number of hydrogen-bond donors (Lipinski definition) is 1. The molecule has 112 valence electrons. The second-order valence-electron chi connectivity index (χ2n) is 7.16. The molecule has 0 unspecified atom stereocenters. The number of phenols is 1. The van der Waals surface area contributed by atoms with Crippen molar-refractivity contribution in [2.24, 2.45) is 11.8 Å². The van der Waals surface area contributed by atoms with Crippen LogP contribution in [0.1, 0.15) is 56.1 Å². The Morgan fingerprint density at radius 2 is 2.10 bits per heavy atom. The average molecular weight is 286 g/mol. The normalized spacial score (nSPS) is 38.0. The molecular formula is C18H22O3. The number of aromatic hydroxyl groups is 1. The van der Waals surface area contributed by atoms with E-state index in [0.717, 1.165) is 32.1 Å². The number of rotatable bonds is 0. The van der Waals surface area contributed by atoms with Crippen LogP contribution in [0.15, 0.2) is 18.2 Å². The number of esters is 1. The third-order valence-corrected chi connectivity index (χ3v) is 6.05. The Bertz CT molecular complexity index is 594. The second-order valence-corrected chi connectivity index (χ2v) is 7.16. The van der Waals surface area contributed by atoms with Gasteiger partial charge in [0.2, 0.25) is 0 Å². The molecule has 1 aromatic carbocycles. The number of carbonyl (C=O) groups is 1. The Morgan fingerprint density at radius 1 is 1.24 bits per heavy atom. The van der Waals surface area contributed by atoms with E-state index in [1.165, 1.54) is 11.1 Å². The first kappa shape index (κ1) is 13.2.